The highest BCUT2D eigenvalue weighted by atomic mass is 32.2. The summed E-state index contributed by atoms with van der Waals surface area (Å²) in [5, 5.41) is 0. The third-order valence-corrected chi connectivity index (χ3v) is 4.05. The van der Waals surface area contributed by atoms with Gasteiger partial charge < -0.3 is 5.73 Å². The molecule has 76 valence electrons. The molecule has 0 aliphatic carbocycles. The molecule has 1 rings (SSSR count). The van der Waals surface area contributed by atoms with Crippen LogP contribution in [0.1, 0.15) is 20.8 Å². The molecule has 1 saturated heterocycles. The Kier molecular flexibility index (Phi) is 3.60. The Bertz CT molecular complexity index is 204. The molecule has 0 bridgehead atoms. The van der Waals surface area contributed by atoms with Crippen LogP contribution in [-0.4, -0.2) is 39.5 Å². The number of nitrogens with two attached hydrogens (primary N) is 1. The maximum absolute atomic E-state index is 5.64. The van der Waals surface area contributed by atoms with E-state index in [1.54, 1.807) is 0 Å². The average molecular weight is 218 g/mol. The molecular formula is C9H18N2S2. The highest BCUT2D eigenvalue weighted by molar-refractivity contribution is 8.00. The van der Waals surface area contributed by atoms with Gasteiger partial charge in [-0.15, -0.1) is 0 Å². The van der Waals surface area contributed by atoms with Gasteiger partial charge in [-0.3, -0.25) is 4.90 Å². The minimum atomic E-state index is 0.246. The molecule has 1 unspecified atom stereocenters. The summed E-state index contributed by atoms with van der Waals surface area (Å²) >= 11 is 7.03. The van der Waals surface area contributed by atoms with Gasteiger partial charge in [-0.2, -0.15) is 11.8 Å². The van der Waals surface area contributed by atoms with Gasteiger partial charge in [0.2, 0.25) is 0 Å². The molecule has 1 fully saturated rings. The lowest BCUT2D eigenvalue weighted by atomic mass is 10.1. The monoisotopic (exact) mass is 218 g/mol. The second-order valence-corrected chi connectivity index (χ2v) is 6.43. The first-order valence-corrected chi connectivity index (χ1v) is 5.99. The highest BCUT2D eigenvalue weighted by Gasteiger charge is 2.30. The molecule has 2 nitrogen and oxygen atoms in total. The molecule has 0 aromatic rings. The van der Waals surface area contributed by atoms with Gasteiger partial charge in [-0.1, -0.05) is 12.2 Å². The molecule has 0 amide bonds. The van der Waals surface area contributed by atoms with Crippen LogP contribution in [-0.2, 0) is 0 Å². The van der Waals surface area contributed by atoms with Crippen LogP contribution in [0.25, 0.3) is 0 Å². The molecule has 13 heavy (non-hydrogen) atoms. The van der Waals surface area contributed by atoms with Crippen molar-refractivity contribution < 1.29 is 0 Å². The Morgan fingerprint density at radius 3 is 2.69 bits per heavy atom. The third-order valence-electron chi connectivity index (χ3n) is 2.41. The zero-order valence-corrected chi connectivity index (χ0v) is 10.2. The molecule has 0 spiro atoms. The number of rotatable bonds is 2. The number of thiocarbonyl (C=S) groups is 1. The van der Waals surface area contributed by atoms with Gasteiger partial charge in [0.25, 0.3) is 0 Å². The Labute approximate surface area is 90.2 Å². The zero-order chi connectivity index (χ0) is 10.1. The van der Waals surface area contributed by atoms with E-state index >= 15 is 0 Å². The maximum atomic E-state index is 5.64. The zero-order valence-electron chi connectivity index (χ0n) is 8.54. The summed E-state index contributed by atoms with van der Waals surface area (Å²) in [6, 6.07) is 0.246. The van der Waals surface area contributed by atoms with Crippen LogP contribution >= 0.6 is 24.0 Å². The first kappa shape index (κ1) is 11.3. The number of thioether (sulfide) groups is 1. The van der Waals surface area contributed by atoms with Gasteiger partial charge in [0.15, 0.2) is 0 Å². The molecule has 1 aliphatic heterocycles. The summed E-state index contributed by atoms with van der Waals surface area (Å²) in [6.07, 6.45) is 0. The van der Waals surface area contributed by atoms with E-state index in [0.29, 0.717) is 9.74 Å². The van der Waals surface area contributed by atoms with Crippen LogP contribution in [0.5, 0.6) is 0 Å². The van der Waals surface area contributed by atoms with Gasteiger partial charge in [0, 0.05) is 23.6 Å². The lowest BCUT2D eigenvalue weighted by Gasteiger charge is -2.40. The van der Waals surface area contributed by atoms with Crippen molar-refractivity contribution in [1.82, 2.24) is 4.90 Å². The Balaban J connectivity index is 2.56. The van der Waals surface area contributed by atoms with E-state index in [2.05, 4.69) is 25.7 Å². The van der Waals surface area contributed by atoms with E-state index in [-0.39, 0.29) is 6.04 Å². The van der Waals surface area contributed by atoms with Crippen molar-refractivity contribution >= 4 is 29.0 Å². The van der Waals surface area contributed by atoms with E-state index in [1.807, 2.05) is 11.8 Å². The molecule has 1 aliphatic rings. The van der Waals surface area contributed by atoms with Crippen LogP contribution in [0.3, 0.4) is 0 Å². The van der Waals surface area contributed by atoms with Crippen molar-refractivity contribution in [3.8, 4) is 0 Å². The van der Waals surface area contributed by atoms with E-state index in [0.717, 1.165) is 13.1 Å². The Morgan fingerprint density at radius 2 is 2.23 bits per heavy atom. The van der Waals surface area contributed by atoms with Crippen molar-refractivity contribution in [3.05, 3.63) is 0 Å². The molecule has 0 radical (unpaired) electrons. The predicted molar refractivity (Wildman–Crippen MR) is 64.4 cm³/mol. The second kappa shape index (κ2) is 4.15. The minimum Gasteiger partial charge on any atom is -0.392 e. The van der Waals surface area contributed by atoms with Crippen LogP contribution in [0.2, 0.25) is 0 Å². The van der Waals surface area contributed by atoms with Crippen LogP contribution < -0.4 is 5.73 Å². The van der Waals surface area contributed by atoms with Crippen molar-refractivity contribution in [3.63, 3.8) is 0 Å². The summed E-state index contributed by atoms with van der Waals surface area (Å²) in [5.74, 6) is 1.18. The topological polar surface area (TPSA) is 29.3 Å². The second-order valence-electron chi connectivity index (χ2n) is 4.16. The first-order chi connectivity index (χ1) is 5.92. The van der Waals surface area contributed by atoms with Crippen LogP contribution in [0, 0.1) is 0 Å². The fourth-order valence-corrected chi connectivity index (χ4v) is 2.85. The smallest absolute Gasteiger partial charge is 0.0899 e. The SMILES string of the molecule is CC(C(N)=S)N1CCSC(C)(C)C1. The Morgan fingerprint density at radius 1 is 1.62 bits per heavy atom. The first-order valence-electron chi connectivity index (χ1n) is 4.60. The lowest BCUT2D eigenvalue weighted by Crippen LogP contribution is -2.51. The molecule has 2 N–H and O–H groups in total. The molecule has 1 heterocycles. The minimum absolute atomic E-state index is 0.246. The largest absolute Gasteiger partial charge is 0.392 e. The summed E-state index contributed by atoms with van der Waals surface area (Å²) in [4.78, 5) is 2.99. The number of nitrogens with zero attached hydrogens (tertiary/aromatic N) is 1. The van der Waals surface area contributed by atoms with Crippen LogP contribution in [0.4, 0.5) is 0 Å². The Hall–Kier alpha value is 0.200. The van der Waals surface area contributed by atoms with E-state index in [1.165, 1.54) is 5.75 Å². The van der Waals surface area contributed by atoms with Crippen molar-refractivity contribution in [2.24, 2.45) is 5.73 Å². The maximum Gasteiger partial charge on any atom is 0.0899 e. The summed E-state index contributed by atoms with van der Waals surface area (Å²) in [7, 11) is 0. The van der Waals surface area contributed by atoms with E-state index in [9.17, 15) is 0 Å². The average Bonchev–Trinajstić information content (AvgIpc) is 2.01. The van der Waals surface area contributed by atoms with Gasteiger partial charge >= 0.3 is 0 Å². The van der Waals surface area contributed by atoms with Gasteiger partial charge in [0.05, 0.1) is 11.0 Å². The van der Waals surface area contributed by atoms with Crippen molar-refractivity contribution in [1.29, 1.82) is 0 Å². The molecular weight excluding hydrogens is 200 g/mol. The standard InChI is InChI=1S/C9H18N2S2/c1-7(8(10)12)11-4-5-13-9(2,3)6-11/h7H,4-6H2,1-3H3,(H2,10,12). The van der Waals surface area contributed by atoms with Crippen molar-refractivity contribution in [2.75, 3.05) is 18.8 Å². The van der Waals surface area contributed by atoms with E-state index in [4.69, 9.17) is 18.0 Å². The normalized spacial score (nSPS) is 25.5. The van der Waals surface area contributed by atoms with Crippen LogP contribution in [0.15, 0.2) is 0 Å². The quantitative estimate of drug-likeness (QED) is 0.711. The van der Waals surface area contributed by atoms with Gasteiger partial charge in [-0.25, -0.2) is 0 Å². The molecule has 4 heteroatoms. The molecule has 0 saturated carbocycles. The fourth-order valence-electron chi connectivity index (χ4n) is 1.56. The molecule has 0 aromatic carbocycles. The van der Waals surface area contributed by atoms with Crippen molar-refractivity contribution in [2.45, 2.75) is 31.6 Å². The predicted octanol–water partition coefficient (Wildman–Crippen LogP) is 1.49. The molecule has 0 aromatic heterocycles. The lowest BCUT2D eigenvalue weighted by molar-refractivity contribution is 0.242. The van der Waals surface area contributed by atoms with Gasteiger partial charge in [-0.05, 0) is 20.8 Å². The fraction of sp³-hybridized carbons (Fsp3) is 0.889. The third kappa shape index (κ3) is 3.11. The molecule has 1 atom stereocenters. The summed E-state index contributed by atoms with van der Waals surface area (Å²) in [5.41, 5.74) is 5.64. The number of hydrogen-bond donors (Lipinski definition) is 1. The van der Waals surface area contributed by atoms with Gasteiger partial charge in [0.1, 0.15) is 0 Å². The van der Waals surface area contributed by atoms with E-state index < -0.39 is 0 Å². The number of hydrogen-bond acceptors (Lipinski definition) is 3. The summed E-state index contributed by atoms with van der Waals surface area (Å²) < 4.78 is 0.345. The highest BCUT2D eigenvalue weighted by Crippen LogP contribution is 2.30. The summed E-state index contributed by atoms with van der Waals surface area (Å²) in [6.45, 7) is 8.82.